The summed E-state index contributed by atoms with van der Waals surface area (Å²) in [6.07, 6.45) is 1.66. The summed E-state index contributed by atoms with van der Waals surface area (Å²) in [5.41, 5.74) is 0. The lowest BCUT2D eigenvalue weighted by Gasteiger charge is -2.31. The fourth-order valence-corrected chi connectivity index (χ4v) is 4.14. The van der Waals surface area contributed by atoms with Crippen LogP contribution in [0.1, 0.15) is 44.0 Å². The first-order valence-electron chi connectivity index (χ1n) is 6.90. The molecule has 5 nitrogen and oxygen atoms in total. The average Bonchev–Trinajstić information content (AvgIpc) is 2.90. The van der Waals surface area contributed by atoms with Crippen LogP contribution in [-0.4, -0.2) is 33.3 Å². The highest BCUT2D eigenvalue weighted by Gasteiger charge is 2.26. The number of carbonyl (C=O) groups is 1. The highest BCUT2D eigenvalue weighted by Crippen LogP contribution is 2.29. The Kier molecular flexibility index (Phi) is 6.16. The molecule has 1 saturated carbocycles. The Hall–Kier alpha value is -0.960. The molecule has 1 fully saturated rings. The predicted octanol–water partition coefficient (Wildman–Crippen LogP) is 3.66. The molecule has 118 valence electrons. The molecule has 0 radical (unpaired) electrons. The predicted molar refractivity (Wildman–Crippen MR) is 81.2 cm³/mol. The topological polar surface area (TPSA) is 66.9 Å². The van der Waals surface area contributed by atoms with Gasteiger partial charge in [0.25, 0.3) is 6.43 Å². The van der Waals surface area contributed by atoms with Crippen LogP contribution in [-0.2, 0) is 0 Å². The summed E-state index contributed by atoms with van der Waals surface area (Å²) in [7, 11) is 0. The SMILES string of the molecule is CCS[C@H]1CCCC[C@H]1NC(=O)Nc1nnc(C(F)F)s1. The summed E-state index contributed by atoms with van der Waals surface area (Å²) in [6.45, 7) is 2.10. The monoisotopic (exact) mass is 336 g/mol. The quantitative estimate of drug-likeness (QED) is 0.861. The summed E-state index contributed by atoms with van der Waals surface area (Å²) < 4.78 is 24.8. The number of carbonyl (C=O) groups excluding carboxylic acids is 1. The molecule has 1 aromatic rings. The molecule has 0 aliphatic heterocycles. The van der Waals surface area contributed by atoms with Crippen molar-refractivity contribution >= 4 is 34.3 Å². The van der Waals surface area contributed by atoms with Gasteiger partial charge in [0.2, 0.25) is 5.13 Å². The van der Waals surface area contributed by atoms with Crippen molar-refractivity contribution in [2.24, 2.45) is 0 Å². The van der Waals surface area contributed by atoms with E-state index < -0.39 is 12.5 Å². The molecule has 2 atom stereocenters. The Balaban J connectivity index is 1.87. The Morgan fingerprint density at radius 2 is 2.19 bits per heavy atom. The van der Waals surface area contributed by atoms with Gasteiger partial charge in [-0.25, -0.2) is 13.6 Å². The maximum absolute atomic E-state index is 12.4. The number of alkyl halides is 2. The number of hydrogen-bond donors (Lipinski definition) is 2. The number of amides is 2. The smallest absolute Gasteiger partial charge is 0.321 e. The number of aromatic nitrogens is 2. The van der Waals surface area contributed by atoms with Crippen molar-refractivity contribution in [1.29, 1.82) is 0 Å². The van der Waals surface area contributed by atoms with Crippen molar-refractivity contribution in [2.45, 2.75) is 50.3 Å². The Morgan fingerprint density at radius 3 is 2.86 bits per heavy atom. The van der Waals surface area contributed by atoms with E-state index in [0.29, 0.717) is 16.6 Å². The first-order chi connectivity index (χ1) is 10.1. The van der Waals surface area contributed by atoms with Crippen LogP contribution in [0.2, 0.25) is 0 Å². The lowest BCUT2D eigenvalue weighted by atomic mass is 9.95. The second-order valence-corrected chi connectivity index (χ2v) is 7.25. The Morgan fingerprint density at radius 1 is 1.43 bits per heavy atom. The fraction of sp³-hybridized carbons (Fsp3) is 0.750. The number of halogens is 2. The molecule has 0 aromatic carbocycles. The lowest BCUT2D eigenvalue weighted by Crippen LogP contribution is -2.45. The second kappa shape index (κ2) is 7.88. The van der Waals surface area contributed by atoms with Gasteiger partial charge in [-0.3, -0.25) is 5.32 Å². The molecule has 0 bridgehead atoms. The number of rotatable bonds is 5. The van der Waals surface area contributed by atoms with Gasteiger partial charge in [0.1, 0.15) is 0 Å². The first-order valence-corrected chi connectivity index (χ1v) is 8.77. The van der Waals surface area contributed by atoms with Crippen LogP contribution in [0, 0.1) is 0 Å². The number of nitrogens with zero attached hydrogens (tertiary/aromatic N) is 2. The molecule has 0 unspecified atom stereocenters. The summed E-state index contributed by atoms with van der Waals surface area (Å²) in [6, 6.07) is -0.285. The molecule has 1 aliphatic carbocycles. The highest BCUT2D eigenvalue weighted by atomic mass is 32.2. The van der Waals surface area contributed by atoms with Gasteiger partial charge in [-0.1, -0.05) is 31.1 Å². The molecule has 0 spiro atoms. The van der Waals surface area contributed by atoms with Crippen LogP contribution < -0.4 is 10.6 Å². The summed E-state index contributed by atoms with van der Waals surface area (Å²) >= 11 is 2.54. The fourth-order valence-electron chi connectivity index (χ4n) is 2.35. The standard InChI is InChI=1S/C12H18F2N4OS2/c1-2-20-8-6-4-3-5-7(8)15-11(19)16-12-18-17-10(21-12)9(13)14/h7-9H,2-6H2,1H3,(H2,15,16,18,19)/t7-,8+/m1/s1. The zero-order valence-corrected chi connectivity index (χ0v) is 13.3. The zero-order chi connectivity index (χ0) is 15.2. The van der Waals surface area contributed by atoms with Gasteiger partial charge in [0.15, 0.2) is 5.01 Å². The van der Waals surface area contributed by atoms with Crippen molar-refractivity contribution < 1.29 is 13.6 Å². The van der Waals surface area contributed by atoms with Crippen molar-refractivity contribution in [3.63, 3.8) is 0 Å². The van der Waals surface area contributed by atoms with E-state index in [0.717, 1.165) is 25.0 Å². The van der Waals surface area contributed by atoms with Crippen LogP contribution in [0.3, 0.4) is 0 Å². The molecule has 21 heavy (non-hydrogen) atoms. The van der Waals surface area contributed by atoms with Crippen molar-refractivity contribution in [3.05, 3.63) is 5.01 Å². The van der Waals surface area contributed by atoms with Crippen LogP contribution in [0.4, 0.5) is 18.7 Å². The van der Waals surface area contributed by atoms with Gasteiger partial charge in [0.05, 0.1) is 0 Å². The summed E-state index contributed by atoms with van der Waals surface area (Å²) in [4.78, 5) is 11.9. The van der Waals surface area contributed by atoms with Gasteiger partial charge in [-0.2, -0.15) is 11.8 Å². The molecular formula is C12H18F2N4OS2. The van der Waals surface area contributed by atoms with E-state index in [1.165, 1.54) is 6.42 Å². The Labute approximate surface area is 130 Å². The molecule has 1 aliphatic rings. The molecule has 9 heteroatoms. The minimum atomic E-state index is -2.66. The van der Waals surface area contributed by atoms with Gasteiger partial charge in [-0.05, 0) is 18.6 Å². The molecule has 2 rings (SSSR count). The number of thioether (sulfide) groups is 1. The third kappa shape index (κ3) is 4.77. The van der Waals surface area contributed by atoms with Crippen LogP contribution in [0.15, 0.2) is 0 Å². The normalized spacial score (nSPS) is 22.3. The molecule has 0 saturated heterocycles. The van der Waals surface area contributed by atoms with Crippen LogP contribution in [0.25, 0.3) is 0 Å². The van der Waals surface area contributed by atoms with Crippen molar-refractivity contribution in [1.82, 2.24) is 15.5 Å². The zero-order valence-electron chi connectivity index (χ0n) is 11.6. The molecule has 2 N–H and O–H groups in total. The second-order valence-electron chi connectivity index (χ2n) is 4.73. The van der Waals surface area contributed by atoms with Gasteiger partial charge < -0.3 is 5.32 Å². The number of nitrogens with one attached hydrogen (secondary N) is 2. The highest BCUT2D eigenvalue weighted by molar-refractivity contribution is 7.99. The number of hydrogen-bond acceptors (Lipinski definition) is 5. The summed E-state index contributed by atoms with van der Waals surface area (Å²) in [5, 5.41) is 12.4. The van der Waals surface area contributed by atoms with Crippen molar-refractivity contribution in [3.8, 4) is 0 Å². The maximum atomic E-state index is 12.4. The summed E-state index contributed by atoms with van der Waals surface area (Å²) in [5.74, 6) is 1.01. The third-order valence-corrected chi connectivity index (χ3v) is 5.42. The van der Waals surface area contributed by atoms with Crippen LogP contribution >= 0.6 is 23.1 Å². The van der Waals surface area contributed by atoms with E-state index in [1.54, 1.807) is 0 Å². The van der Waals surface area contributed by atoms with Gasteiger partial charge >= 0.3 is 6.03 Å². The number of urea groups is 1. The van der Waals surface area contributed by atoms with E-state index in [9.17, 15) is 13.6 Å². The molecule has 1 heterocycles. The van der Waals surface area contributed by atoms with E-state index >= 15 is 0 Å². The van der Waals surface area contributed by atoms with Gasteiger partial charge in [-0.15, -0.1) is 10.2 Å². The minimum Gasteiger partial charge on any atom is -0.334 e. The van der Waals surface area contributed by atoms with E-state index in [-0.39, 0.29) is 16.2 Å². The van der Waals surface area contributed by atoms with Crippen LogP contribution in [0.5, 0.6) is 0 Å². The lowest BCUT2D eigenvalue weighted by molar-refractivity contribution is 0.150. The molecular weight excluding hydrogens is 318 g/mol. The third-order valence-electron chi connectivity index (χ3n) is 3.25. The van der Waals surface area contributed by atoms with Gasteiger partial charge in [0, 0.05) is 11.3 Å². The molecule has 1 aromatic heterocycles. The number of anilines is 1. The Bertz CT molecular complexity index is 470. The largest absolute Gasteiger partial charge is 0.334 e. The first kappa shape index (κ1) is 16.4. The van der Waals surface area contributed by atoms with E-state index in [1.807, 2.05) is 11.8 Å². The van der Waals surface area contributed by atoms with E-state index in [2.05, 4.69) is 27.8 Å². The van der Waals surface area contributed by atoms with E-state index in [4.69, 9.17) is 0 Å². The minimum absolute atomic E-state index is 0.0957. The average molecular weight is 336 g/mol. The van der Waals surface area contributed by atoms with Crippen molar-refractivity contribution in [2.75, 3.05) is 11.1 Å². The maximum Gasteiger partial charge on any atom is 0.321 e. The molecule has 2 amide bonds.